The van der Waals surface area contributed by atoms with E-state index in [1.54, 1.807) is 14.0 Å². The van der Waals surface area contributed by atoms with Gasteiger partial charge in [0.2, 0.25) is 11.8 Å². The maximum absolute atomic E-state index is 13.7. The van der Waals surface area contributed by atoms with E-state index in [-0.39, 0.29) is 18.5 Å². The van der Waals surface area contributed by atoms with Gasteiger partial charge in [0.25, 0.3) is 0 Å². The van der Waals surface area contributed by atoms with Crippen molar-refractivity contribution >= 4 is 23.2 Å². The molecule has 0 aromatic heterocycles. The summed E-state index contributed by atoms with van der Waals surface area (Å²) < 4.78 is 80.3. The lowest BCUT2D eigenvalue weighted by atomic mass is 9.90. The first-order valence-corrected chi connectivity index (χ1v) is 13.2. The van der Waals surface area contributed by atoms with Gasteiger partial charge in [-0.05, 0) is 68.5 Å². The highest BCUT2D eigenvalue weighted by atomic mass is 19.4. The molecule has 1 fully saturated rings. The normalized spacial score (nSPS) is 15.6. The number of rotatable bonds is 10. The molecule has 0 spiro atoms. The van der Waals surface area contributed by atoms with Crippen LogP contribution in [0.1, 0.15) is 48.9 Å². The molecule has 1 N–H and O–H groups in total. The highest BCUT2D eigenvalue weighted by Gasteiger charge is 2.39. The zero-order chi connectivity index (χ0) is 30.0. The molecule has 1 saturated carbocycles. The summed E-state index contributed by atoms with van der Waals surface area (Å²) >= 11 is 0. The van der Waals surface area contributed by atoms with Crippen LogP contribution in [0.2, 0.25) is 0 Å². The zero-order valence-electron chi connectivity index (χ0n) is 23.2. The number of nitrogens with zero attached hydrogens (tertiary/aromatic N) is 2. The van der Waals surface area contributed by atoms with Crippen LogP contribution in [0, 0.1) is 31.6 Å². The van der Waals surface area contributed by atoms with Gasteiger partial charge in [-0.1, -0.05) is 32.0 Å². The summed E-state index contributed by atoms with van der Waals surface area (Å²) in [4.78, 5) is 30.7. The molecule has 1 aliphatic carbocycles. The van der Waals surface area contributed by atoms with Crippen molar-refractivity contribution in [3.05, 3.63) is 58.7 Å². The molecule has 3 rings (SSSR count). The molecule has 2 aromatic rings. The molecule has 2 unspecified atom stereocenters. The van der Waals surface area contributed by atoms with Crippen LogP contribution in [0.4, 0.5) is 37.7 Å². The molecular weight excluding hydrogens is 536 g/mol. The van der Waals surface area contributed by atoms with E-state index >= 15 is 0 Å². The number of halogens is 6. The van der Waals surface area contributed by atoms with Gasteiger partial charge in [-0.25, -0.2) is 0 Å². The maximum Gasteiger partial charge on any atom is 0.416 e. The number of anilines is 2. The van der Waals surface area contributed by atoms with Gasteiger partial charge in [0.1, 0.15) is 0 Å². The first kappa shape index (κ1) is 31.4. The fraction of sp³-hybridized carbons (Fsp3) is 0.517. The Hall–Kier alpha value is -3.08. The molecule has 0 aliphatic heterocycles. The number of nitrogens with one attached hydrogen (secondary N) is 1. The van der Waals surface area contributed by atoms with E-state index in [4.69, 9.17) is 0 Å². The van der Waals surface area contributed by atoms with Crippen LogP contribution in [-0.2, 0) is 21.9 Å². The predicted octanol–water partition coefficient (Wildman–Crippen LogP) is 6.93. The highest BCUT2D eigenvalue weighted by molar-refractivity contribution is 6.01. The highest BCUT2D eigenvalue weighted by Crippen LogP contribution is 2.38. The van der Waals surface area contributed by atoms with Gasteiger partial charge >= 0.3 is 12.4 Å². The van der Waals surface area contributed by atoms with Crippen molar-refractivity contribution < 1.29 is 35.9 Å². The summed E-state index contributed by atoms with van der Waals surface area (Å²) in [6, 6.07) is 6.51. The average Bonchev–Trinajstić information content (AvgIpc) is 3.68. The number of amides is 2. The number of para-hydroxylation sites is 1. The van der Waals surface area contributed by atoms with Crippen LogP contribution in [-0.4, -0.2) is 43.4 Å². The number of hydrogen-bond donors (Lipinski definition) is 1. The van der Waals surface area contributed by atoms with Crippen molar-refractivity contribution in [3.8, 4) is 0 Å². The Morgan fingerprint density at radius 2 is 1.50 bits per heavy atom. The van der Waals surface area contributed by atoms with E-state index in [9.17, 15) is 35.9 Å². The monoisotopic (exact) mass is 571 g/mol. The summed E-state index contributed by atoms with van der Waals surface area (Å²) in [5.41, 5.74) is -1.33. The largest absolute Gasteiger partial charge is 0.416 e. The first-order valence-electron chi connectivity index (χ1n) is 13.2. The number of alkyl halides is 6. The van der Waals surface area contributed by atoms with E-state index in [1.165, 1.54) is 4.90 Å². The molecule has 2 amide bonds. The van der Waals surface area contributed by atoms with E-state index in [0.29, 0.717) is 36.8 Å². The minimum absolute atomic E-state index is 0.00717. The second-order valence-corrected chi connectivity index (χ2v) is 10.6. The van der Waals surface area contributed by atoms with Crippen molar-refractivity contribution in [2.75, 3.05) is 36.9 Å². The molecule has 40 heavy (non-hydrogen) atoms. The molecule has 0 bridgehead atoms. The Labute approximate surface area is 230 Å². The van der Waals surface area contributed by atoms with Crippen molar-refractivity contribution in [3.63, 3.8) is 0 Å². The van der Waals surface area contributed by atoms with Gasteiger partial charge < -0.3 is 15.1 Å². The minimum atomic E-state index is -5.05. The summed E-state index contributed by atoms with van der Waals surface area (Å²) in [5.74, 6) is -2.71. The third-order valence-electron chi connectivity index (χ3n) is 7.41. The van der Waals surface area contributed by atoms with Gasteiger partial charge in [-0.3, -0.25) is 9.59 Å². The van der Waals surface area contributed by atoms with Crippen molar-refractivity contribution in [2.24, 2.45) is 17.8 Å². The van der Waals surface area contributed by atoms with Crippen LogP contribution in [0.25, 0.3) is 0 Å². The number of aryl methyl sites for hydroxylation is 2. The fourth-order valence-electron chi connectivity index (χ4n) is 4.93. The molecule has 1 aliphatic rings. The summed E-state index contributed by atoms with van der Waals surface area (Å²) in [7, 11) is 1.59. The Morgan fingerprint density at radius 3 is 1.95 bits per heavy atom. The average molecular weight is 572 g/mol. The van der Waals surface area contributed by atoms with E-state index in [1.807, 2.05) is 43.9 Å². The Morgan fingerprint density at radius 1 is 0.975 bits per heavy atom. The lowest BCUT2D eigenvalue weighted by Gasteiger charge is -2.32. The minimum Gasteiger partial charge on any atom is -0.326 e. The second kappa shape index (κ2) is 12.2. The van der Waals surface area contributed by atoms with Gasteiger partial charge in [0, 0.05) is 37.4 Å². The maximum atomic E-state index is 13.7. The van der Waals surface area contributed by atoms with Crippen LogP contribution in [0.3, 0.4) is 0 Å². The number of carbonyl (C=O) groups is 2. The molecule has 220 valence electrons. The summed E-state index contributed by atoms with van der Waals surface area (Å²) in [6.07, 6.45) is -8.02. The second-order valence-electron chi connectivity index (χ2n) is 10.6. The third kappa shape index (κ3) is 7.77. The van der Waals surface area contributed by atoms with E-state index in [2.05, 4.69) is 5.32 Å². The van der Waals surface area contributed by atoms with E-state index < -0.39 is 46.9 Å². The molecule has 2 aromatic carbocycles. The summed E-state index contributed by atoms with van der Waals surface area (Å²) in [6.45, 7) is 8.54. The zero-order valence-corrected chi connectivity index (χ0v) is 23.2. The van der Waals surface area contributed by atoms with Crippen LogP contribution < -0.4 is 10.2 Å². The van der Waals surface area contributed by atoms with Crippen molar-refractivity contribution in [1.29, 1.82) is 0 Å². The number of carbonyl (C=O) groups excluding carboxylic acids is 2. The quantitative estimate of drug-likeness (QED) is 0.315. The summed E-state index contributed by atoms with van der Waals surface area (Å²) in [5, 5.41) is 2.27. The lowest BCUT2D eigenvalue weighted by Crippen LogP contribution is -2.45. The van der Waals surface area contributed by atoms with Gasteiger partial charge in [0.15, 0.2) is 0 Å². The number of hydrogen-bond acceptors (Lipinski definition) is 3. The fourth-order valence-corrected chi connectivity index (χ4v) is 4.93. The van der Waals surface area contributed by atoms with Crippen LogP contribution in [0.15, 0.2) is 36.4 Å². The topological polar surface area (TPSA) is 52.7 Å². The Balaban J connectivity index is 1.96. The van der Waals surface area contributed by atoms with Crippen molar-refractivity contribution in [2.45, 2.75) is 52.9 Å². The van der Waals surface area contributed by atoms with Crippen LogP contribution in [0.5, 0.6) is 0 Å². The van der Waals surface area contributed by atoms with Gasteiger partial charge in [0.05, 0.1) is 17.0 Å². The van der Waals surface area contributed by atoms with Crippen LogP contribution >= 0.6 is 0 Å². The predicted molar refractivity (Wildman–Crippen MR) is 142 cm³/mol. The lowest BCUT2D eigenvalue weighted by molar-refractivity contribution is -0.143. The smallest absolute Gasteiger partial charge is 0.326 e. The van der Waals surface area contributed by atoms with E-state index in [0.717, 1.165) is 24.0 Å². The Kier molecular flexibility index (Phi) is 9.59. The molecule has 0 saturated heterocycles. The van der Waals surface area contributed by atoms with Crippen molar-refractivity contribution in [1.82, 2.24) is 4.90 Å². The molecular formula is C29H35F6N3O2. The first-order chi connectivity index (χ1) is 18.5. The molecule has 2 atom stereocenters. The van der Waals surface area contributed by atoms with Gasteiger partial charge in [-0.15, -0.1) is 0 Å². The molecule has 0 heterocycles. The Bertz CT molecular complexity index is 1170. The number of benzene rings is 2. The molecule has 5 nitrogen and oxygen atoms in total. The standard InChI is InChI=1S/C29H35F6N3O2/c1-6-38(15-20-10-11-20)16-24(19(4)27(40)37(5)25-17(2)8-7-9-18(25)3)26(39)36-23-13-21(28(30,31)32)12-22(14-23)29(33,34)35/h7-9,12-14,19-20,24H,6,10-11,15-16H2,1-5H3,(H,36,39). The van der Waals surface area contributed by atoms with Gasteiger partial charge in [-0.2, -0.15) is 26.3 Å². The molecule has 11 heteroatoms. The molecule has 0 radical (unpaired) electrons. The SMILES string of the molecule is CCN(CC1CC1)CC(C(=O)Nc1cc(C(F)(F)F)cc(C(F)(F)F)c1)C(C)C(=O)N(C)c1c(C)cccc1C. The third-order valence-corrected chi connectivity index (χ3v) is 7.41.